The van der Waals surface area contributed by atoms with Crippen LogP contribution < -0.4 is 5.69 Å². The number of rotatable bonds is 3. The van der Waals surface area contributed by atoms with E-state index in [9.17, 15) is 9.59 Å². The normalized spacial score (nSPS) is 17.8. The van der Waals surface area contributed by atoms with Crippen LogP contribution in [0.15, 0.2) is 29.1 Å². The standard InChI is InChI=1S/C15H17N3O2/c1-11-5-7-12(8-6-11)9-17-15(20)18-13(10-19)3-2-4-14(18)16-17/h5-8,10,13H,2-4,9H2,1H3. The van der Waals surface area contributed by atoms with Crippen molar-refractivity contribution in [2.75, 3.05) is 0 Å². The molecule has 1 atom stereocenters. The van der Waals surface area contributed by atoms with E-state index in [0.717, 1.165) is 36.9 Å². The molecule has 5 heteroatoms. The maximum Gasteiger partial charge on any atom is 0.346 e. The molecule has 0 saturated carbocycles. The minimum absolute atomic E-state index is 0.183. The molecule has 0 spiro atoms. The average molecular weight is 271 g/mol. The van der Waals surface area contributed by atoms with E-state index >= 15 is 0 Å². The minimum Gasteiger partial charge on any atom is -0.301 e. The van der Waals surface area contributed by atoms with Crippen LogP contribution in [0.1, 0.15) is 35.8 Å². The second kappa shape index (κ2) is 5.07. The van der Waals surface area contributed by atoms with Crippen LogP contribution >= 0.6 is 0 Å². The highest BCUT2D eigenvalue weighted by Crippen LogP contribution is 2.19. The summed E-state index contributed by atoms with van der Waals surface area (Å²) >= 11 is 0. The Balaban J connectivity index is 1.95. The van der Waals surface area contributed by atoms with Gasteiger partial charge in [-0.05, 0) is 25.3 Å². The Kier molecular flexibility index (Phi) is 3.26. The number of carbonyl (C=O) groups excluding carboxylic acids is 1. The maximum absolute atomic E-state index is 12.4. The lowest BCUT2D eigenvalue weighted by molar-refractivity contribution is -0.111. The second-order valence-electron chi connectivity index (χ2n) is 5.31. The molecule has 1 unspecified atom stereocenters. The number of benzene rings is 1. The van der Waals surface area contributed by atoms with E-state index in [4.69, 9.17) is 0 Å². The molecule has 1 aliphatic rings. The van der Waals surface area contributed by atoms with Crippen molar-refractivity contribution in [2.45, 2.75) is 38.8 Å². The lowest BCUT2D eigenvalue weighted by Gasteiger charge is -2.17. The van der Waals surface area contributed by atoms with Crippen LogP contribution in [-0.4, -0.2) is 20.6 Å². The van der Waals surface area contributed by atoms with Gasteiger partial charge in [0.1, 0.15) is 12.1 Å². The number of aryl methyl sites for hydroxylation is 2. The number of carbonyl (C=O) groups is 1. The van der Waals surface area contributed by atoms with Crippen molar-refractivity contribution in [3.8, 4) is 0 Å². The van der Waals surface area contributed by atoms with Crippen molar-refractivity contribution in [1.82, 2.24) is 14.3 Å². The predicted molar refractivity (Wildman–Crippen MR) is 74.8 cm³/mol. The molecule has 2 heterocycles. The first-order valence-electron chi connectivity index (χ1n) is 6.88. The highest BCUT2D eigenvalue weighted by Gasteiger charge is 2.24. The van der Waals surface area contributed by atoms with E-state index in [-0.39, 0.29) is 11.7 Å². The van der Waals surface area contributed by atoms with Gasteiger partial charge in [-0.2, -0.15) is 5.10 Å². The molecule has 0 aliphatic carbocycles. The summed E-state index contributed by atoms with van der Waals surface area (Å²) in [7, 11) is 0. The average Bonchev–Trinajstić information content (AvgIpc) is 2.78. The molecule has 0 saturated heterocycles. The van der Waals surface area contributed by atoms with Gasteiger partial charge in [-0.15, -0.1) is 0 Å². The maximum atomic E-state index is 12.4. The summed E-state index contributed by atoms with van der Waals surface area (Å²) in [6, 6.07) is 7.68. The summed E-state index contributed by atoms with van der Waals surface area (Å²) in [5.41, 5.74) is 2.04. The zero-order chi connectivity index (χ0) is 14.1. The summed E-state index contributed by atoms with van der Waals surface area (Å²) in [4.78, 5) is 23.4. The molecule has 104 valence electrons. The number of aromatic nitrogens is 3. The fourth-order valence-corrected chi connectivity index (χ4v) is 2.67. The van der Waals surface area contributed by atoms with E-state index in [1.54, 1.807) is 4.57 Å². The predicted octanol–water partition coefficient (Wildman–Crippen LogP) is 1.48. The Morgan fingerprint density at radius 3 is 2.80 bits per heavy atom. The van der Waals surface area contributed by atoms with E-state index in [1.807, 2.05) is 31.2 Å². The molecule has 1 aliphatic heterocycles. The molecule has 1 aromatic heterocycles. The van der Waals surface area contributed by atoms with Crippen LogP contribution in [0.25, 0.3) is 0 Å². The molecule has 0 radical (unpaired) electrons. The summed E-state index contributed by atoms with van der Waals surface area (Å²) in [5.74, 6) is 0.727. The molecular weight excluding hydrogens is 254 g/mol. The number of hydrogen-bond donors (Lipinski definition) is 0. The van der Waals surface area contributed by atoms with Gasteiger partial charge in [0.2, 0.25) is 0 Å². The highest BCUT2D eigenvalue weighted by molar-refractivity contribution is 5.56. The van der Waals surface area contributed by atoms with Crippen molar-refractivity contribution < 1.29 is 4.79 Å². The molecular formula is C15H17N3O2. The van der Waals surface area contributed by atoms with Crippen molar-refractivity contribution in [1.29, 1.82) is 0 Å². The molecule has 0 bridgehead atoms. The van der Waals surface area contributed by atoms with E-state index in [1.165, 1.54) is 10.2 Å². The zero-order valence-electron chi connectivity index (χ0n) is 11.5. The van der Waals surface area contributed by atoms with E-state index < -0.39 is 0 Å². The van der Waals surface area contributed by atoms with Crippen LogP contribution in [0.5, 0.6) is 0 Å². The van der Waals surface area contributed by atoms with Gasteiger partial charge in [0.05, 0.1) is 12.6 Å². The van der Waals surface area contributed by atoms with Gasteiger partial charge in [0.15, 0.2) is 0 Å². The summed E-state index contributed by atoms with van der Waals surface area (Å²) in [6.45, 7) is 2.48. The molecule has 2 aromatic rings. The van der Waals surface area contributed by atoms with Gasteiger partial charge < -0.3 is 4.79 Å². The van der Waals surface area contributed by atoms with Crippen LogP contribution in [0.3, 0.4) is 0 Å². The van der Waals surface area contributed by atoms with Crippen LogP contribution in [0, 0.1) is 6.92 Å². The molecule has 5 nitrogen and oxygen atoms in total. The Labute approximate surface area is 116 Å². The number of nitrogens with zero attached hydrogens (tertiary/aromatic N) is 3. The smallest absolute Gasteiger partial charge is 0.301 e. The molecule has 0 amide bonds. The SMILES string of the molecule is Cc1ccc(Cn2nc3n(c2=O)C(C=O)CCC3)cc1. The minimum atomic E-state index is -0.349. The molecule has 0 fully saturated rings. The lowest BCUT2D eigenvalue weighted by atomic mass is 10.1. The van der Waals surface area contributed by atoms with Gasteiger partial charge >= 0.3 is 5.69 Å². The molecule has 1 aromatic carbocycles. The number of hydrogen-bond acceptors (Lipinski definition) is 3. The topological polar surface area (TPSA) is 56.9 Å². The first kappa shape index (κ1) is 12.8. The number of aldehydes is 1. The number of fused-ring (bicyclic) bond motifs is 1. The van der Waals surface area contributed by atoms with Gasteiger partial charge in [-0.3, -0.25) is 4.57 Å². The van der Waals surface area contributed by atoms with Crippen LogP contribution in [-0.2, 0) is 17.8 Å². The lowest BCUT2D eigenvalue weighted by Crippen LogP contribution is -2.31. The van der Waals surface area contributed by atoms with Gasteiger partial charge in [-0.25, -0.2) is 9.48 Å². The second-order valence-corrected chi connectivity index (χ2v) is 5.31. The largest absolute Gasteiger partial charge is 0.346 e. The van der Waals surface area contributed by atoms with E-state index in [2.05, 4.69) is 5.10 Å². The third-order valence-corrected chi connectivity index (χ3v) is 3.78. The first-order chi connectivity index (χ1) is 9.69. The van der Waals surface area contributed by atoms with Crippen LogP contribution in [0.4, 0.5) is 0 Å². The Bertz CT molecular complexity index is 682. The Morgan fingerprint density at radius 1 is 1.35 bits per heavy atom. The Morgan fingerprint density at radius 2 is 2.10 bits per heavy atom. The molecule has 3 rings (SSSR count). The fourth-order valence-electron chi connectivity index (χ4n) is 2.67. The fraction of sp³-hybridized carbons (Fsp3) is 0.400. The summed E-state index contributed by atoms with van der Waals surface area (Å²) in [6.07, 6.45) is 3.25. The highest BCUT2D eigenvalue weighted by atomic mass is 16.2. The van der Waals surface area contributed by atoms with E-state index in [0.29, 0.717) is 6.54 Å². The van der Waals surface area contributed by atoms with Crippen molar-refractivity contribution in [3.63, 3.8) is 0 Å². The summed E-state index contributed by atoms with van der Waals surface area (Å²) < 4.78 is 3.01. The third-order valence-electron chi connectivity index (χ3n) is 3.78. The van der Waals surface area contributed by atoms with Gasteiger partial charge in [0.25, 0.3) is 0 Å². The van der Waals surface area contributed by atoms with Gasteiger partial charge in [0, 0.05) is 6.42 Å². The zero-order valence-corrected chi connectivity index (χ0v) is 11.5. The third kappa shape index (κ3) is 2.19. The van der Waals surface area contributed by atoms with Crippen molar-refractivity contribution in [2.24, 2.45) is 0 Å². The van der Waals surface area contributed by atoms with Gasteiger partial charge in [-0.1, -0.05) is 29.8 Å². The Hall–Kier alpha value is -2.17. The molecule has 20 heavy (non-hydrogen) atoms. The van der Waals surface area contributed by atoms with Crippen molar-refractivity contribution in [3.05, 3.63) is 51.7 Å². The first-order valence-corrected chi connectivity index (χ1v) is 6.88. The quantitative estimate of drug-likeness (QED) is 0.794. The van der Waals surface area contributed by atoms with Crippen LogP contribution in [0.2, 0.25) is 0 Å². The monoisotopic (exact) mass is 271 g/mol. The van der Waals surface area contributed by atoms with Crippen molar-refractivity contribution >= 4 is 6.29 Å². The molecule has 0 N–H and O–H groups in total. The summed E-state index contributed by atoms with van der Waals surface area (Å²) in [5, 5.41) is 4.37.